The van der Waals surface area contributed by atoms with Crippen LogP contribution in [0.1, 0.15) is 19.7 Å². The van der Waals surface area contributed by atoms with E-state index in [2.05, 4.69) is 15.6 Å². The third-order valence-electron chi connectivity index (χ3n) is 2.87. The highest BCUT2D eigenvalue weighted by Crippen LogP contribution is 2.20. The van der Waals surface area contributed by atoms with Crippen molar-refractivity contribution in [1.82, 2.24) is 9.55 Å². The summed E-state index contributed by atoms with van der Waals surface area (Å²) in [7, 11) is 0. The summed E-state index contributed by atoms with van der Waals surface area (Å²) >= 11 is 0. The zero-order valence-corrected chi connectivity index (χ0v) is 11.5. The number of carbonyl (C=O) groups is 1. The molecule has 0 aliphatic heterocycles. The highest BCUT2D eigenvalue weighted by molar-refractivity contribution is 5.89. The first-order valence-electron chi connectivity index (χ1n) is 6.41. The van der Waals surface area contributed by atoms with Gasteiger partial charge in [0.2, 0.25) is 5.91 Å². The molecule has 0 fully saturated rings. The van der Waals surface area contributed by atoms with Crippen LogP contribution in [0.5, 0.6) is 0 Å². The monoisotopic (exact) mass is 276 g/mol. The fourth-order valence-electron chi connectivity index (χ4n) is 1.90. The first-order valence-corrected chi connectivity index (χ1v) is 6.41. The minimum atomic E-state index is -0.458. The molecule has 0 spiro atoms. The number of amides is 1. The molecule has 1 aromatic heterocycles. The normalized spacial score (nSPS) is 10.3. The van der Waals surface area contributed by atoms with Crippen molar-refractivity contribution in [3.05, 3.63) is 42.2 Å². The third kappa shape index (κ3) is 3.34. The Labute approximate surface area is 116 Å². The Bertz CT molecular complexity index is 609. The summed E-state index contributed by atoms with van der Waals surface area (Å²) in [6.45, 7) is 4.76. The molecule has 0 bridgehead atoms. The van der Waals surface area contributed by atoms with E-state index < -0.39 is 5.82 Å². The summed E-state index contributed by atoms with van der Waals surface area (Å²) in [6, 6.07) is 4.51. The maximum absolute atomic E-state index is 13.5. The molecule has 2 aromatic rings. The number of hydrogen-bond acceptors (Lipinski definition) is 3. The summed E-state index contributed by atoms with van der Waals surface area (Å²) in [5.74, 6) is 0.140. The number of rotatable bonds is 5. The molecule has 0 saturated heterocycles. The smallest absolute Gasteiger partial charge is 0.221 e. The van der Waals surface area contributed by atoms with Crippen LogP contribution in [-0.4, -0.2) is 15.5 Å². The van der Waals surface area contributed by atoms with E-state index in [0.29, 0.717) is 6.54 Å². The Balaban J connectivity index is 2.08. The molecular weight excluding hydrogens is 259 g/mol. The van der Waals surface area contributed by atoms with E-state index in [1.165, 1.54) is 13.0 Å². The van der Waals surface area contributed by atoms with E-state index in [4.69, 9.17) is 0 Å². The van der Waals surface area contributed by atoms with Crippen LogP contribution in [0, 0.1) is 5.82 Å². The predicted octanol–water partition coefficient (Wildman–Crippen LogP) is 2.61. The average Bonchev–Trinajstić information content (AvgIpc) is 2.86. The first-order chi connectivity index (χ1) is 9.60. The molecule has 20 heavy (non-hydrogen) atoms. The number of nitrogens with zero attached hydrogens (tertiary/aromatic N) is 2. The van der Waals surface area contributed by atoms with Crippen molar-refractivity contribution in [2.24, 2.45) is 0 Å². The van der Waals surface area contributed by atoms with Crippen LogP contribution in [0.3, 0.4) is 0 Å². The Morgan fingerprint density at radius 3 is 2.95 bits per heavy atom. The van der Waals surface area contributed by atoms with Gasteiger partial charge in [-0.3, -0.25) is 4.79 Å². The van der Waals surface area contributed by atoms with Crippen molar-refractivity contribution < 1.29 is 9.18 Å². The van der Waals surface area contributed by atoms with Crippen LogP contribution in [0.15, 0.2) is 30.6 Å². The van der Waals surface area contributed by atoms with Gasteiger partial charge < -0.3 is 15.2 Å². The van der Waals surface area contributed by atoms with Gasteiger partial charge in [-0.15, -0.1) is 0 Å². The molecule has 6 heteroatoms. The topological polar surface area (TPSA) is 59.0 Å². The molecule has 1 aromatic carbocycles. The fraction of sp³-hybridized carbons (Fsp3) is 0.286. The van der Waals surface area contributed by atoms with Gasteiger partial charge in [0.25, 0.3) is 0 Å². The maximum Gasteiger partial charge on any atom is 0.221 e. The zero-order chi connectivity index (χ0) is 14.5. The van der Waals surface area contributed by atoms with Gasteiger partial charge in [-0.05, 0) is 25.1 Å². The summed E-state index contributed by atoms with van der Waals surface area (Å²) in [5, 5.41) is 5.62. The van der Waals surface area contributed by atoms with Crippen molar-refractivity contribution in [2.75, 3.05) is 10.6 Å². The molecular formula is C14H17FN4O. The molecule has 5 nitrogen and oxygen atoms in total. The number of carbonyl (C=O) groups excluding carboxylic acids is 1. The van der Waals surface area contributed by atoms with Crippen LogP contribution < -0.4 is 10.6 Å². The lowest BCUT2D eigenvalue weighted by Crippen LogP contribution is -2.10. The molecule has 0 unspecified atom stereocenters. The van der Waals surface area contributed by atoms with Gasteiger partial charge in [-0.25, -0.2) is 9.37 Å². The lowest BCUT2D eigenvalue weighted by atomic mass is 10.2. The molecule has 0 aliphatic carbocycles. The van der Waals surface area contributed by atoms with E-state index in [1.807, 2.05) is 17.7 Å². The minimum Gasteiger partial charge on any atom is -0.378 e. The lowest BCUT2D eigenvalue weighted by molar-refractivity contribution is -0.114. The standard InChI is InChI=1S/C14H17FN4O/c1-3-19-7-6-16-14(19)9-17-11-4-5-12(15)13(8-11)18-10(2)20/h4-8,17H,3,9H2,1-2H3,(H,18,20). The van der Waals surface area contributed by atoms with Gasteiger partial charge in [0.05, 0.1) is 12.2 Å². The number of imidazole rings is 1. The molecule has 2 N–H and O–H groups in total. The molecule has 0 aliphatic rings. The highest BCUT2D eigenvalue weighted by atomic mass is 19.1. The van der Waals surface area contributed by atoms with Crippen molar-refractivity contribution >= 4 is 17.3 Å². The molecule has 1 amide bonds. The third-order valence-corrected chi connectivity index (χ3v) is 2.87. The van der Waals surface area contributed by atoms with Gasteiger partial charge in [-0.2, -0.15) is 0 Å². The van der Waals surface area contributed by atoms with Crippen LogP contribution in [-0.2, 0) is 17.9 Å². The van der Waals surface area contributed by atoms with Gasteiger partial charge >= 0.3 is 0 Å². The zero-order valence-electron chi connectivity index (χ0n) is 11.5. The number of aryl methyl sites for hydroxylation is 1. The molecule has 106 valence electrons. The second kappa shape index (κ2) is 6.18. The minimum absolute atomic E-state index is 0.168. The van der Waals surface area contributed by atoms with Gasteiger partial charge in [0.15, 0.2) is 0 Å². The summed E-state index contributed by atoms with van der Waals surface area (Å²) in [5.41, 5.74) is 0.891. The van der Waals surface area contributed by atoms with Crippen molar-refractivity contribution in [2.45, 2.75) is 26.9 Å². The van der Waals surface area contributed by atoms with Crippen LogP contribution >= 0.6 is 0 Å². The van der Waals surface area contributed by atoms with Gasteiger partial charge in [0, 0.05) is 31.5 Å². The maximum atomic E-state index is 13.5. The van der Waals surface area contributed by atoms with E-state index in [0.717, 1.165) is 18.1 Å². The Kier molecular flexibility index (Phi) is 4.34. The Morgan fingerprint density at radius 1 is 1.45 bits per heavy atom. The second-order valence-electron chi connectivity index (χ2n) is 4.36. The number of hydrogen-bond donors (Lipinski definition) is 2. The van der Waals surface area contributed by atoms with Crippen molar-refractivity contribution in [1.29, 1.82) is 0 Å². The number of anilines is 2. The first kappa shape index (κ1) is 14.0. The quantitative estimate of drug-likeness (QED) is 0.882. The van der Waals surface area contributed by atoms with Crippen molar-refractivity contribution in [3.8, 4) is 0 Å². The lowest BCUT2D eigenvalue weighted by Gasteiger charge is -2.10. The Hall–Kier alpha value is -2.37. The highest BCUT2D eigenvalue weighted by Gasteiger charge is 2.06. The van der Waals surface area contributed by atoms with Crippen LogP contribution in [0.25, 0.3) is 0 Å². The predicted molar refractivity (Wildman–Crippen MR) is 75.9 cm³/mol. The number of halogens is 1. The van der Waals surface area contributed by atoms with E-state index in [1.54, 1.807) is 18.3 Å². The summed E-state index contributed by atoms with van der Waals surface area (Å²) in [4.78, 5) is 15.2. The molecule has 1 heterocycles. The second-order valence-corrected chi connectivity index (χ2v) is 4.36. The number of aromatic nitrogens is 2. The van der Waals surface area contributed by atoms with Gasteiger partial charge in [0.1, 0.15) is 11.6 Å². The molecule has 0 saturated carbocycles. The SMILES string of the molecule is CCn1ccnc1CNc1ccc(F)c(NC(C)=O)c1. The number of nitrogens with one attached hydrogen (secondary N) is 2. The van der Waals surface area contributed by atoms with E-state index in [9.17, 15) is 9.18 Å². The summed E-state index contributed by atoms with van der Waals surface area (Å²) < 4.78 is 15.5. The van der Waals surface area contributed by atoms with Crippen LogP contribution in [0.2, 0.25) is 0 Å². The molecule has 0 radical (unpaired) electrons. The largest absolute Gasteiger partial charge is 0.378 e. The summed E-state index contributed by atoms with van der Waals surface area (Å²) in [6.07, 6.45) is 3.65. The van der Waals surface area contributed by atoms with E-state index in [-0.39, 0.29) is 11.6 Å². The molecule has 0 atom stereocenters. The number of benzene rings is 1. The Morgan fingerprint density at radius 2 is 2.25 bits per heavy atom. The molecule has 2 rings (SSSR count). The fourth-order valence-corrected chi connectivity index (χ4v) is 1.90. The van der Waals surface area contributed by atoms with Crippen LogP contribution in [0.4, 0.5) is 15.8 Å². The van der Waals surface area contributed by atoms with Gasteiger partial charge in [-0.1, -0.05) is 0 Å². The van der Waals surface area contributed by atoms with Crippen molar-refractivity contribution in [3.63, 3.8) is 0 Å². The average molecular weight is 276 g/mol. The van der Waals surface area contributed by atoms with E-state index >= 15 is 0 Å².